The maximum atomic E-state index is 11.7. The number of piperidine rings is 1. The van der Waals surface area contributed by atoms with Crippen LogP contribution in [-0.2, 0) is 4.74 Å². The third-order valence-corrected chi connectivity index (χ3v) is 3.96. The highest BCUT2D eigenvalue weighted by molar-refractivity contribution is 5.85. The Balaban J connectivity index is 1.77. The van der Waals surface area contributed by atoms with Crippen molar-refractivity contribution >= 4 is 17.5 Å². The number of hydrogen-bond donors (Lipinski definition) is 2. The Morgan fingerprint density at radius 3 is 2.30 bits per heavy atom. The zero-order valence-electron chi connectivity index (χ0n) is 14.7. The van der Waals surface area contributed by atoms with Crippen LogP contribution in [0.25, 0.3) is 0 Å². The zero-order chi connectivity index (χ0) is 16.9. The van der Waals surface area contributed by atoms with Gasteiger partial charge in [-0.25, -0.2) is 4.79 Å². The minimum Gasteiger partial charge on any atom is -0.444 e. The molecule has 2 rings (SSSR count). The van der Waals surface area contributed by atoms with Gasteiger partial charge in [-0.1, -0.05) is 0 Å². The van der Waals surface area contributed by atoms with E-state index in [1.165, 1.54) is 25.9 Å². The molecule has 5 heteroatoms. The fourth-order valence-corrected chi connectivity index (χ4v) is 2.62. The second-order valence-corrected chi connectivity index (χ2v) is 7.33. The van der Waals surface area contributed by atoms with Crippen LogP contribution in [0.15, 0.2) is 24.3 Å². The molecule has 1 aliphatic heterocycles. The molecule has 128 valence electrons. The van der Waals surface area contributed by atoms with Gasteiger partial charge < -0.3 is 15.0 Å². The summed E-state index contributed by atoms with van der Waals surface area (Å²) in [6, 6.07) is 7.76. The van der Waals surface area contributed by atoms with Gasteiger partial charge in [0.25, 0.3) is 0 Å². The summed E-state index contributed by atoms with van der Waals surface area (Å²) in [6.07, 6.45) is 2.08. The smallest absolute Gasteiger partial charge is 0.412 e. The molecule has 1 heterocycles. The van der Waals surface area contributed by atoms with Crippen molar-refractivity contribution in [3.8, 4) is 0 Å². The lowest BCUT2D eigenvalue weighted by Crippen LogP contribution is -2.32. The van der Waals surface area contributed by atoms with Crippen molar-refractivity contribution in [2.24, 2.45) is 5.92 Å². The van der Waals surface area contributed by atoms with Crippen molar-refractivity contribution in [3.63, 3.8) is 0 Å². The molecular formula is C18H29N3O2. The molecule has 0 aliphatic carbocycles. The van der Waals surface area contributed by atoms with E-state index in [1.54, 1.807) is 0 Å². The third kappa shape index (κ3) is 6.48. The van der Waals surface area contributed by atoms with Crippen molar-refractivity contribution in [2.75, 3.05) is 37.3 Å². The number of benzene rings is 1. The molecule has 1 fully saturated rings. The quantitative estimate of drug-likeness (QED) is 0.886. The summed E-state index contributed by atoms with van der Waals surface area (Å²) in [7, 11) is 2.18. The Morgan fingerprint density at radius 2 is 1.74 bits per heavy atom. The van der Waals surface area contributed by atoms with Crippen LogP contribution < -0.4 is 10.6 Å². The summed E-state index contributed by atoms with van der Waals surface area (Å²) < 4.78 is 5.24. The van der Waals surface area contributed by atoms with E-state index in [-0.39, 0.29) is 0 Å². The number of carbonyl (C=O) groups excluding carboxylic acids is 1. The van der Waals surface area contributed by atoms with Gasteiger partial charge in [-0.05, 0) is 83.9 Å². The van der Waals surface area contributed by atoms with Gasteiger partial charge in [-0.15, -0.1) is 0 Å². The van der Waals surface area contributed by atoms with Gasteiger partial charge in [0.05, 0.1) is 0 Å². The fourth-order valence-electron chi connectivity index (χ4n) is 2.62. The zero-order valence-corrected chi connectivity index (χ0v) is 14.7. The first-order valence-electron chi connectivity index (χ1n) is 8.34. The molecule has 0 aromatic heterocycles. The summed E-state index contributed by atoms with van der Waals surface area (Å²) in [4.78, 5) is 14.1. The van der Waals surface area contributed by atoms with E-state index < -0.39 is 11.7 Å². The summed E-state index contributed by atoms with van der Waals surface area (Å²) >= 11 is 0. The molecule has 0 bridgehead atoms. The van der Waals surface area contributed by atoms with E-state index in [2.05, 4.69) is 22.6 Å². The number of nitrogens with one attached hydrogen (secondary N) is 2. The minimum absolute atomic E-state index is 0.426. The SMILES string of the molecule is CN1CCC(CNc2ccc(NC(=O)OC(C)(C)C)cc2)CC1. The van der Waals surface area contributed by atoms with Gasteiger partial charge in [-0.2, -0.15) is 0 Å². The molecule has 0 atom stereocenters. The standard InChI is InChI=1S/C18H29N3O2/c1-18(2,3)23-17(22)20-16-7-5-15(6-8-16)19-13-14-9-11-21(4)12-10-14/h5-8,14,19H,9-13H2,1-4H3,(H,20,22). The van der Waals surface area contributed by atoms with Gasteiger partial charge in [0.2, 0.25) is 0 Å². The average molecular weight is 319 g/mol. The highest BCUT2D eigenvalue weighted by Crippen LogP contribution is 2.19. The topological polar surface area (TPSA) is 53.6 Å². The fraction of sp³-hybridized carbons (Fsp3) is 0.611. The van der Waals surface area contributed by atoms with Crippen molar-refractivity contribution < 1.29 is 9.53 Å². The van der Waals surface area contributed by atoms with Crippen LogP contribution in [-0.4, -0.2) is 43.3 Å². The number of amides is 1. The minimum atomic E-state index is -0.486. The van der Waals surface area contributed by atoms with E-state index in [4.69, 9.17) is 4.74 Å². The number of hydrogen-bond acceptors (Lipinski definition) is 4. The van der Waals surface area contributed by atoms with E-state index in [9.17, 15) is 4.79 Å². The molecule has 1 aliphatic rings. The maximum absolute atomic E-state index is 11.7. The molecule has 5 nitrogen and oxygen atoms in total. The van der Waals surface area contributed by atoms with Crippen LogP contribution in [0.2, 0.25) is 0 Å². The molecule has 1 aromatic rings. The highest BCUT2D eigenvalue weighted by atomic mass is 16.6. The van der Waals surface area contributed by atoms with Gasteiger partial charge >= 0.3 is 6.09 Å². The van der Waals surface area contributed by atoms with Gasteiger partial charge in [-0.3, -0.25) is 5.32 Å². The van der Waals surface area contributed by atoms with Crippen LogP contribution in [0, 0.1) is 5.92 Å². The number of likely N-dealkylation sites (tertiary alicyclic amines) is 1. The number of carbonyl (C=O) groups is 1. The normalized spacial score (nSPS) is 16.9. The second kappa shape index (κ2) is 7.68. The van der Waals surface area contributed by atoms with Crippen molar-refractivity contribution in [2.45, 2.75) is 39.2 Å². The van der Waals surface area contributed by atoms with Gasteiger partial charge in [0, 0.05) is 17.9 Å². The van der Waals surface area contributed by atoms with Crippen molar-refractivity contribution in [1.29, 1.82) is 0 Å². The maximum Gasteiger partial charge on any atom is 0.412 e. The molecule has 0 spiro atoms. The highest BCUT2D eigenvalue weighted by Gasteiger charge is 2.17. The lowest BCUT2D eigenvalue weighted by Gasteiger charge is -2.29. The lowest BCUT2D eigenvalue weighted by molar-refractivity contribution is 0.0636. The number of ether oxygens (including phenoxy) is 1. The molecule has 1 aromatic carbocycles. The Hall–Kier alpha value is -1.75. The van der Waals surface area contributed by atoms with E-state index in [0.717, 1.165) is 23.8 Å². The number of nitrogens with zero attached hydrogens (tertiary/aromatic N) is 1. The molecular weight excluding hydrogens is 290 g/mol. The first kappa shape index (κ1) is 17.6. The average Bonchev–Trinajstić information content (AvgIpc) is 2.46. The summed E-state index contributed by atoms with van der Waals surface area (Å²) in [5.74, 6) is 0.741. The van der Waals surface area contributed by atoms with Crippen molar-refractivity contribution in [1.82, 2.24) is 4.90 Å². The predicted octanol–water partition coefficient (Wildman–Crippen LogP) is 3.79. The van der Waals surface area contributed by atoms with Crippen molar-refractivity contribution in [3.05, 3.63) is 24.3 Å². The Labute approximate surface area is 139 Å². The second-order valence-electron chi connectivity index (χ2n) is 7.33. The summed E-state index contributed by atoms with van der Waals surface area (Å²) in [6.45, 7) is 8.93. The molecule has 0 saturated carbocycles. The van der Waals surface area contributed by atoms with E-state index in [1.807, 2.05) is 45.0 Å². The Bertz CT molecular complexity index is 500. The Morgan fingerprint density at radius 1 is 1.17 bits per heavy atom. The first-order chi connectivity index (χ1) is 10.8. The van der Waals surface area contributed by atoms with E-state index in [0.29, 0.717) is 0 Å². The van der Waals surface area contributed by atoms with Crippen LogP contribution in [0.4, 0.5) is 16.2 Å². The molecule has 0 unspecified atom stereocenters. The molecule has 2 N–H and O–H groups in total. The van der Waals surface area contributed by atoms with Crippen LogP contribution in [0.5, 0.6) is 0 Å². The monoisotopic (exact) mass is 319 g/mol. The number of rotatable bonds is 4. The van der Waals surface area contributed by atoms with Crippen LogP contribution >= 0.6 is 0 Å². The Kier molecular flexibility index (Phi) is 5.88. The van der Waals surface area contributed by atoms with Gasteiger partial charge in [0.1, 0.15) is 5.60 Å². The summed E-state index contributed by atoms with van der Waals surface area (Å²) in [5, 5.41) is 6.23. The molecule has 1 amide bonds. The molecule has 0 radical (unpaired) electrons. The van der Waals surface area contributed by atoms with Crippen LogP contribution in [0.3, 0.4) is 0 Å². The number of anilines is 2. The van der Waals surface area contributed by atoms with E-state index >= 15 is 0 Å². The first-order valence-corrected chi connectivity index (χ1v) is 8.34. The molecule has 1 saturated heterocycles. The predicted molar refractivity (Wildman–Crippen MR) is 95.0 cm³/mol. The van der Waals surface area contributed by atoms with Gasteiger partial charge in [0.15, 0.2) is 0 Å². The summed E-state index contributed by atoms with van der Waals surface area (Å²) in [5.41, 5.74) is 1.34. The largest absolute Gasteiger partial charge is 0.444 e. The van der Waals surface area contributed by atoms with Crippen LogP contribution in [0.1, 0.15) is 33.6 Å². The molecule has 23 heavy (non-hydrogen) atoms. The third-order valence-electron chi connectivity index (χ3n) is 3.96. The lowest BCUT2D eigenvalue weighted by atomic mass is 9.97.